The number of nitrogens with two attached hydrogens (primary N) is 1. The van der Waals surface area contributed by atoms with Gasteiger partial charge in [0.15, 0.2) is 0 Å². The number of likely N-dealkylation sites (tertiary alicyclic amines) is 1. The molecule has 0 aliphatic carbocycles. The van der Waals surface area contributed by atoms with Crippen LogP contribution < -0.4 is 5.73 Å². The average molecular weight is 253 g/mol. The normalized spacial score (nSPS) is 26.3. The summed E-state index contributed by atoms with van der Waals surface area (Å²) in [6, 6.07) is 0.401. The minimum atomic E-state index is 0.401. The number of rotatable bonds is 4. The molecule has 1 aromatic rings. The van der Waals surface area contributed by atoms with E-state index in [9.17, 15) is 0 Å². The number of hydrogen-bond acceptors (Lipinski definition) is 4. The molecule has 0 radical (unpaired) electrons. The molecule has 96 valence electrons. The molecule has 0 spiro atoms. The third-order valence-electron chi connectivity index (χ3n) is 3.69. The van der Waals surface area contributed by atoms with Crippen molar-refractivity contribution < 1.29 is 0 Å². The van der Waals surface area contributed by atoms with E-state index in [1.54, 1.807) is 11.3 Å². The van der Waals surface area contributed by atoms with Crippen molar-refractivity contribution in [3.63, 3.8) is 0 Å². The third-order valence-corrected chi connectivity index (χ3v) is 4.73. The summed E-state index contributed by atoms with van der Waals surface area (Å²) in [4.78, 5) is 7.14. The fourth-order valence-electron chi connectivity index (χ4n) is 2.51. The van der Waals surface area contributed by atoms with Crippen molar-refractivity contribution >= 4 is 11.3 Å². The lowest BCUT2D eigenvalue weighted by atomic mass is 9.91. The summed E-state index contributed by atoms with van der Waals surface area (Å²) in [7, 11) is 0. The summed E-state index contributed by atoms with van der Waals surface area (Å²) >= 11 is 1.78. The topological polar surface area (TPSA) is 42.2 Å². The first-order chi connectivity index (χ1) is 8.22. The molecule has 2 unspecified atom stereocenters. The molecule has 2 N–H and O–H groups in total. The molecule has 1 aliphatic rings. The van der Waals surface area contributed by atoms with Gasteiger partial charge in [-0.05, 0) is 18.8 Å². The van der Waals surface area contributed by atoms with Gasteiger partial charge in [0.25, 0.3) is 0 Å². The van der Waals surface area contributed by atoms with Crippen LogP contribution in [-0.4, -0.2) is 29.0 Å². The summed E-state index contributed by atoms with van der Waals surface area (Å²) in [5.41, 5.74) is 7.36. The van der Waals surface area contributed by atoms with Gasteiger partial charge in [0.05, 0.1) is 10.7 Å². The summed E-state index contributed by atoms with van der Waals surface area (Å²) < 4.78 is 0. The number of piperidine rings is 1. The molecule has 1 fully saturated rings. The van der Waals surface area contributed by atoms with Crippen LogP contribution in [0, 0.1) is 5.92 Å². The maximum atomic E-state index is 6.13. The fourth-order valence-corrected chi connectivity index (χ4v) is 3.25. The van der Waals surface area contributed by atoms with Crippen LogP contribution in [0.4, 0.5) is 0 Å². The molecule has 1 saturated heterocycles. The molecule has 1 aliphatic heterocycles. The van der Waals surface area contributed by atoms with Crippen LogP contribution in [0.5, 0.6) is 0 Å². The van der Waals surface area contributed by atoms with E-state index in [1.165, 1.54) is 17.1 Å². The summed E-state index contributed by atoms with van der Waals surface area (Å²) in [6.45, 7) is 7.66. The predicted molar refractivity (Wildman–Crippen MR) is 73.1 cm³/mol. The summed E-state index contributed by atoms with van der Waals surface area (Å²) in [5, 5.41) is 3.45. The lowest BCUT2D eigenvalue weighted by Crippen LogP contribution is -2.46. The van der Waals surface area contributed by atoms with Crippen LogP contribution in [-0.2, 0) is 13.0 Å². The maximum Gasteiger partial charge on any atom is 0.0926 e. The number of thiazole rings is 1. The first kappa shape index (κ1) is 13.0. The van der Waals surface area contributed by atoms with E-state index in [2.05, 4.69) is 29.1 Å². The molecule has 0 saturated carbocycles. The van der Waals surface area contributed by atoms with Crippen LogP contribution >= 0.6 is 11.3 Å². The Morgan fingerprint density at radius 3 is 3.00 bits per heavy atom. The molecule has 2 rings (SSSR count). The molecule has 17 heavy (non-hydrogen) atoms. The Morgan fingerprint density at radius 1 is 1.53 bits per heavy atom. The monoisotopic (exact) mass is 253 g/mol. The van der Waals surface area contributed by atoms with Gasteiger partial charge in [0.1, 0.15) is 0 Å². The van der Waals surface area contributed by atoms with Gasteiger partial charge < -0.3 is 5.73 Å². The SMILES string of the molecule is CCc1nc(CN2CCC(N)C(CC)C2)cs1. The van der Waals surface area contributed by atoms with Crippen LogP contribution in [0.3, 0.4) is 0 Å². The molecule has 0 bridgehead atoms. The number of aromatic nitrogens is 1. The van der Waals surface area contributed by atoms with Gasteiger partial charge in [0.2, 0.25) is 0 Å². The Morgan fingerprint density at radius 2 is 2.35 bits per heavy atom. The molecule has 0 amide bonds. The summed E-state index contributed by atoms with van der Waals surface area (Å²) in [5.74, 6) is 0.660. The Labute approximate surface area is 108 Å². The average Bonchev–Trinajstić information content (AvgIpc) is 2.79. The Balaban J connectivity index is 1.90. The Hall–Kier alpha value is -0.450. The lowest BCUT2D eigenvalue weighted by molar-refractivity contribution is 0.144. The largest absolute Gasteiger partial charge is 0.327 e. The quantitative estimate of drug-likeness (QED) is 0.895. The van der Waals surface area contributed by atoms with Crippen molar-refractivity contribution in [1.82, 2.24) is 9.88 Å². The van der Waals surface area contributed by atoms with Crippen molar-refractivity contribution in [2.75, 3.05) is 13.1 Å². The van der Waals surface area contributed by atoms with Crippen LogP contribution in [0.25, 0.3) is 0 Å². The van der Waals surface area contributed by atoms with Crippen LogP contribution in [0.2, 0.25) is 0 Å². The van der Waals surface area contributed by atoms with Crippen LogP contribution in [0.1, 0.15) is 37.4 Å². The molecule has 4 heteroatoms. The molecular weight excluding hydrogens is 230 g/mol. The fraction of sp³-hybridized carbons (Fsp3) is 0.769. The Bertz CT molecular complexity index is 350. The molecule has 0 aromatic carbocycles. The standard InChI is InChI=1S/C13H23N3S/c1-3-10-7-16(6-5-12(10)14)8-11-9-17-13(4-2)15-11/h9-10,12H,3-8,14H2,1-2H3. The second kappa shape index (κ2) is 5.94. The number of hydrogen-bond donors (Lipinski definition) is 1. The van der Waals surface area contributed by atoms with E-state index in [1.807, 2.05) is 0 Å². The Kier molecular flexibility index (Phi) is 4.54. The highest BCUT2D eigenvalue weighted by Gasteiger charge is 2.25. The highest BCUT2D eigenvalue weighted by molar-refractivity contribution is 7.09. The van der Waals surface area contributed by atoms with E-state index in [0.29, 0.717) is 12.0 Å². The smallest absolute Gasteiger partial charge is 0.0926 e. The van der Waals surface area contributed by atoms with E-state index in [-0.39, 0.29) is 0 Å². The predicted octanol–water partition coefficient (Wildman–Crippen LogP) is 2.26. The van der Waals surface area contributed by atoms with Gasteiger partial charge in [-0.15, -0.1) is 11.3 Å². The highest BCUT2D eigenvalue weighted by Crippen LogP contribution is 2.21. The third kappa shape index (κ3) is 3.27. The van der Waals surface area contributed by atoms with Crippen molar-refractivity contribution in [3.05, 3.63) is 16.1 Å². The number of nitrogens with zero attached hydrogens (tertiary/aromatic N) is 2. The van der Waals surface area contributed by atoms with Gasteiger partial charge >= 0.3 is 0 Å². The van der Waals surface area contributed by atoms with Crippen molar-refractivity contribution in [2.45, 2.75) is 45.7 Å². The molecule has 2 heterocycles. The first-order valence-corrected chi connectivity index (χ1v) is 7.52. The molecule has 3 nitrogen and oxygen atoms in total. The molecular formula is C13H23N3S. The lowest BCUT2D eigenvalue weighted by Gasteiger charge is -2.36. The zero-order valence-electron chi connectivity index (χ0n) is 10.9. The number of aryl methyl sites for hydroxylation is 1. The highest BCUT2D eigenvalue weighted by atomic mass is 32.1. The van der Waals surface area contributed by atoms with Crippen LogP contribution in [0.15, 0.2) is 5.38 Å². The van der Waals surface area contributed by atoms with Gasteiger partial charge in [-0.25, -0.2) is 4.98 Å². The second-order valence-electron chi connectivity index (χ2n) is 4.94. The zero-order chi connectivity index (χ0) is 12.3. The molecule has 2 atom stereocenters. The van der Waals surface area contributed by atoms with Gasteiger partial charge in [-0.3, -0.25) is 4.90 Å². The van der Waals surface area contributed by atoms with E-state index >= 15 is 0 Å². The van der Waals surface area contributed by atoms with Gasteiger partial charge in [-0.1, -0.05) is 20.3 Å². The molecule has 1 aromatic heterocycles. The van der Waals surface area contributed by atoms with Crippen molar-refractivity contribution in [3.8, 4) is 0 Å². The zero-order valence-corrected chi connectivity index (χ0v) is 11.7. The van der Waals surface area contributed by atoms with E-state index < -0.39 is 0 Å². The summed E-state index contributed by atoms with van der Waals surface area (Å²) in [6.07, 6.45) is 3.37. The van der Waals surface area contributed by atoms with E-state index in [0.717, 1.165) is 32.5 Å². The second-order valence-corrected chi connectivity index (χ2v) is 5.88. The van der Waals surface area contributed by atoms with Gasteiger partial charge in [-0.2, -0.15) is 0 Å². The van der Waals surface area contributed by atoms with Gasteiger partial charge in [0, 0.05) is 31.1 Å². The minimum absolute atomic E-state index is 0.401. The van der Waals surface area contributed by atoms with Crippen molar-refractivity contribution in [2.24, 2.45) is 11.7 Å². The minimum Gasteiger partial charge on any atom is -0.327 e. The van der Waals surface area contributed by atoms with E-state index in [4.69, 9.17) is 5.73 Å². The van der Waals surface area contributed by atoms with Crippen molar-refractivity contribution in [1.29, 1.82) is 0 Å². The first-order valence-electron chi connectivity index (χ1n) is 6.64. The maximum absolute atomic E-state index is 6.13.